The Morgan fingerprint density at radius 3 is 2.71 bits per heavy atom. The summed E-state index contributed by atoms with van der Waals surface area (Å²) in [5.41, 5.74) is 8.23. The smallest absolute Gasteiger partial charge is 0.123 e. The Balaban J connectivity index is 2.20. The number of hydrogen-bond acceptors (Lipinski definition) is 3. The van der Waals surface area contributed by atoms with Crippen LogP contribution in [0.1, 0.15) is 17.2 Å². The van der Waals surface area contributed by atoms with Crippen LogP contribution in [-0.4, -0.2) is 17.1 Å². The molecule has 0 aliphatic carbocycles. The average molecular weight is 368 g/mol. The minimum Gasteiger partial charge on any atom is -0.496 e. The SMILES string of the molecule is COc1ccc(C)cc1C(N)CS(=O)c1cccc(Br)c1. The molecular weight excluding hydrogens is 350 g/mol. The molecule has 2 unspecified atom stereocenters. The van der Waals surface area contributed by atoms with Crippen LogP contribution < -0.4 is 10.5 Å². The first kappa shape index (κ1) is 16.2. The zero-order valence-electron chi connectivity index (χ0n) is 12.0. The van der Waals surface area contributed by atoms with Crippen molar-refractivity contribution in [2.24, 2.45) is 5.73 Å². The predicted octanol–water partition coefficient (Wildman–Crippen LogP) is 3.57. The predicted molar refractivity (Wildman–Crippen MR) is 90.1 cm³/mol. The summed E-state index contributed by atoms with van der Waals surface area (Å²) in [4.78, 5) is 0.770. The van der Waals surface area contributed by atoms with E-state index in [0.717, 1.165) is 26.2 Å². The van der Waals surface area contributed by atoms with Crippen LogP contribution in [0.4, 0.5) is 0 Å². The molecule has 0 aromatic heterocycles. The highest BCUT2D eigenvalue weighted by Gasteiger charge is 2.16. The van der Waals surface area contributed by atoms with Crippen LogP contribution in [0.3, 0.4) is 0 Å². The van der Waals surface area contributed by atoms with Crippen molar-refractivity contribution in [1.82, 2.24) is 0 Å². The lowest BCUT2D eigenvalue weighted by Crippen LogP contribution is -2.19. The standard InChI is InChI=1S/C16H18BrNO2S/c1-11-6-7-16(20-2)14(8-11)15(18)10-21(19)13-5-3-4-12(17)9-13/h3-9,15H,10,18H2,1-2H3. The molecule has 0 radical (unpaired) electrons. The van der Waals surface area contributed by atoms with Gasteiger partial charge >= 0.3 is 0 Å². The summed E-state index contributed by atoms with van der Waals surface area (Å²) in [6.45, 7) is 2.00. The summed E-state index contributed by atoms with van der Waals surface area (Å²) in [6, 6.07) is 13.0. The molecule has 0 aliphatic heterocycles. The molecule has 2 aromatic rings. The maximum absolute atomic E-state index is 12.4. The maximum atomic E-state index is 12.4. The van der Waals surface area contributed by atoms with Gasteiger partial charge in [-0.15, -0.1) is 0 Å². The van der Waals surface area contributed by atoms with Crippen LogP contribution in [0.25, 0.3) is 0 Å². The fourth-order valence-electron chi connectivity index (χ4n) is 2.10. The van der Waals surface area contributed by atoms with E-state index in [0.29, 0.717) is 5.75 Å². The van der Waals surface area contributed by atoms with E-state index in [4.69, 9.17) is 10.5 Å². The lowest BCUT2D eigenvalue weighted by molar-refractivity contribution is 0.407. The summed E-state index contributed by atoms with van der Waals surface area (Å²) in [5.74, 6) is 1.09. The number of rotatable bonds is 5. The summed E-state index contributed by atoms with van der Waals surface area (Å²) in [7, 11) is 0.466. The molecule has 0 amide bonds. The summed E-state index contributed by atoms with van der Waals surface area (Å²) in [6.07, 6.45) is 0. The Morgan fingerprint density at radius 1 is 1.29 bits per heavy atom. The van der Waals surface area contributed by atoms with Gasteiger partial charge in [0.05, 0.1) is 17.9 Å². The highest BCUT2D eigenvalue weighted by atomic mass is 79.9. The Kier molecular flexibility index (Phi) is 5.56. The molecule has 3 nitrogen and oxygen atoms in total. The van der Waals surface area contributed by atoms with Crippen LogP contribution in [0, 0.1) is 6.92 Å². The molecule has 0 heterocycles. The summed E-state index contributed by atoms with van der Waals surface area (Å²) < 4.78 is 18.7. The highest BCUT2D eigenvalue weighted by molar-refractivity contribution is 9.10. The van der Waals surface area contributed by atoms with E-state index in [2.05, 4.69) is 15.9 Å². The molecule has 0 bridgehead atoms. The number of benzene rings is 2. The zero-order valence-corrected chi connectivity index (χ0v) is 14.4. The van der Waals surface area contributed by atoms with Crippen LogP contribution in [-0.2, 0) is 10.8 Å². The second-order valence-electron chi connectivity index (χ2n) is 4.82. The van der Waals surface area contributed by atoms with E-state index in [-0.39, 0.29) is 6.04 Å². The van der Waals surface area contributed by atoms with E-state index in [1.54, 1.807) is 7.11 Å². The third-order valence-electron chi connectivity index (χ3n) is 3.17. The van der Waals surface area contributed by atoms with Gasteiger partial charge in [0.25, 0.3) is 0 Å². The number of nitrogens with two attached hydrogens (primary N) is 1. The lowest BCUT2D eigenvalue weighted by Gasteiger charge is -2.16. The van der Waals surface area contributed by atoms with Gasteiger partial charge in [-0.05, 0) is 31.2 Å². The first-order valence-electron chi connectivity index (χ1n) is 6.55. The molecular formula is C16H18BrNO2S. The van der Waals surface area contributed by atoms with E-state index < -0.39 is 10.8 Å². The lowest BCUT2D eigenvalue weighted by atomic mass is 10.1. The number of halogens is 1. The van der Waals surface area contributed by atoms with E-state index in [1.807, 2.05) is 49.4 Å². The molecule has 2 aromatic carbocycles. The van der Waals surface area contributed by atoms with Crippen molar-refractivity contribution >= 4 is 26.7 Å². The van der Waals surface area contributed by atoms with Crippen molar-refractivity contribution in [3.63, 3.8) is 0 Å². The normalized spacial score (nSPS) is 13.7. The first-order chi connectivity index (χ1) is 10.0. The third-order valence-corrected chi connectivity index (χ3v) is 5.11. The molecule has 2 rings (SSSR count). The van der Waals surface area contributed by atoms with Crippen LogP contribution in [0.5, 0.6) is 5.75 Å². The third kappa shape index (κ3) is 4.15. The quantitative estimate of drug-likeness (QED) is 0.878. The molecule has 112 valence electrons. The van der Waals surface area contributed by atoms with Gasteiger partial charge in [-0.2, -0.15) is 0 Å². The van der Waals surface area contributed by atoms with Gasteiger partial charge in [0.1, 0.15) is 5.75 Å². The number of methoxy groups -OCH3 is 1. The van der Waals surface area contributed by atoms with Crippen molar-refractivity contribution in [2.45, 2.75) is 17.9 Å². The minimum atomic E-state index is -1.15. The van der Waals surface area contributed by atoms with Crippen molar-refractivity contribution in [2.75, 3.05) is 12.9 Å². The van der Waals surface area contributed by atoms with Crippen LogP contribution in [0.2, 0.25) is 0 Å². The second kappa shape index (κ2) is 7.20. The molecule has 2 N–H and O–H groups in total. The van der Waals surface area contributed by atoms with Gasteiger partial charge < -0.3 is 10.5 Å². The topological polar surface area (TPSA) is 52.3 Å². The molecule has 0 aliphatic rings. The molecule has 5 heteroatoms. The molecule has 21 heavy (non-hydrogen) atoms. The first-order valence-corrected chi connectivity index (χ1v) is 8.66. The average Bonchev–Trinajstić information content (AvgIpc) is 2.47. The Labute approximate surface area is 136 Å². The fraction of sp³-hybridized carbons (Fsp3) is 0.250. The van der Waals surface area contributed by atoms with Gasteiger partial charge in [-0.25, -0.2) is 0 Å². The Bertz CT molecular complexity index is 660. The highest BCUT2D eigenvalue weighted by Crippen LogP contribution is 2.26. The molecule has 0 spiro atoms. The van der Waals surface area contributed by atoms with Gasteiger partial charge in [-0.3, -0.25) is 4.21 Å². The molecule has 2 atom stereocenters. The van der Waals surface area contributed by atoms with Gasteiger partial charge in [0, 0.05) is 26.7 Å². The number of hydrogen-bond donors (Lipinski definition) is 1. The minimum absolute atomic E-state index is 0.334. The van der Waals surface area contributed by atoms with Crippen LogP contribution >= 0.6 is 15.9 Å². The summed E-state index contributed by atoms with van der Waals surface area (Å²) >= 11 is 3.39. The van der Waals surface area contributed by atoms with Crippen molar-refractivity contribution in [1.29, 1.82) is 0 Å². The van der Waals surface area contributed by atoms with Crippen molar-refractivity contribution in [3.05, 3.63) is 58.1 Å². The van der Waals surface area contributed by atoms with E-state index in [1.165, 1.54) is 0 Å². The summed E-state index contributed by atoms with van der Waals surface area (Å²) in [5, 5.41) is 0. The van der Waals surface area contributed by atoms with Gasteiger partial charge in [0.2, 0.25) is 0 Å². The molecule has 0 saturated heterocycles. The van der Waals surface area contributed by atoms with Crippen molar-refractivity contribution in [3.8, 4) is 5.75 Å². The zero-order chi connectivity index (χ0) is 15.4. The Hall–Kier alpha value is -1.17. The van der Waals surface area contributed by atoms with E-state index in [9.17, 15) is 4.21 Å². The number of aryl methyl sites for hydroxylation is 1. The Morgan fingerprint density at radius 2 is 2.05 bits per heavy atom. The second-order valence-corrected chi connectivity index (χ2v) is 7.23. The van der Waals surface area contributed by atoms with E-state index >= 15 is 0 Å². The van der Waals surface area contributed by atoms with Gasteiger partial charge in [0.15, 0.2) is 0 Å². The largest absolute Gasteiger partial charge is 0.496 e. The number of ether oxygens (including phenoxy) is 1. The maximum Gasteiger partial charge on any atom is 0.123 e. The van der Waals surface area contributed by atoms with Gasteiger partial charge in [-0.1, -0.05) is 39.7 Å². The fourth-order valence-corrected chi connectivity index (χ4v) is 3.84. The molecule has 0 saturated carbocycles. The van der Waals surface area contributed by atoms with Crippen molar-refractivity contribution < 1.29 is 8.95 Å². The monoisotopic (exact) mass is 367 g/mol. The van der Waals surface area contributed by atoms with Crippen LogP contribution in [0.15, 0.2) is 51.8 Å². The molecule has 0 fully saturated rings.